The van der Waals surface area contributed by atoms with Gasteiger partial charge in [0.2, 0.25) is 0 Å². The van der Waals surface area contributed by atoms with Gasteiger partial charge in [-0.05, 0) is 48.2 Å². The van der Waals surface area contributed by atoms with Crippen LogP contribution in [-0.4, -0.2) is 39.0 Å². The smallest absolute Gasteiger partial charge is 0.331 e. The molecule has 0 radical (unpaired) electrons. The summed E-state index contributed by atoms with van der Waals surface area (Å²) in [6.07, 6.45) is 4.78. The molecule has 0 heterocycles. The van der Waals surface area contributed by atoms with Gasteiger partial charge >= 0.3 is 5.97 Å². The molecule has 6 nitrogen and oxygen atoms in total. The Labute approximate surface area is 162 Å². The average molecular weight is 387 g/mol. The minimum atomic E-state index is -0.613. The number of amides is 1. The normalized spacial score (nSPS) is 10.5. The van der Waals surface area contributed by atoms with Gasteiger partial charge in [-0.25, -0.2) is 4.79 Å². The fourth-order valence-electron chi connectivity index (χ4n) is 2.20. The van der Waals surface area contributed by atoms with Crippen LogP contribution in [0.3, 0.4) is 0 Å². The molecule has 0 bridgehead atoms. The van der Waals surface area contributed by atoms with Gasteiger partial charge in [0, 0.05) is 16.7 Å². The van der Waals surface area contributed by atoms with E-state index in [0.717, 1.165) is 10.5 Å². The lowest BCUT2D eigenvalue weighted by atomic mass is 10.2. The van der Waals surface area contributed by atoms with Crippen molar-refractivity contribution in [1.29, 1.82) is 0 Å². The number of hydrogen-bond acceptors (Lipinski definition) is 6. The summed E-state index contributed by atoms with van der Waals surface area (Å²) in [4.78, 5) is 24.7. The highest BCUT2D eigenvalue weighted by atomic mass is 32.2. The van der Waals surface area contributed by atoms with Crippen LogP contribution in [0.2, 0.25) is 0 Å². The molecule has 0 spiro atoms. The number of ether oxygens (including phenoxy) is 3. The molecule has 2 rings (SSSR count). The number of benzene rings is 2. The van der Waals surface area contributed by atoms with Crippen LogP contribution in [0.4, 0.5) is 5.69 Å². The quantitative estimate of drug-likeness (QED) is 0.424. The third kappa shape index (κ3) is 6.38. The highest BCUT2D eigenvalue weighted by Gasteiger charge is 2.07. The summed E-state index contributed by atoms with van der Waals surface area (Å²) in [6.45, 7) is -0.362. The second-order valence-electron chi connectivity index (χ2n) is 5.34. The number of rotatable bonds is 8. The molecule has 7 heteroatoms. The molecule has 2 aromatic carbocycles. The van der Waals surface area contributed by atoms with Crippen molar-refractivity contribution in [2.45, 2.75) is 4.90 Å². The zero-order chi connectivity index (χ0) is 19.6. The van der Waals surface area contributed by atoms with Crippen molar-refractivity contribution in [1.82, 2.24) is 0 Å². The molecule has 27 heavy (non-hydrogen) atoms. The first-order valence-corrected chi connectivity index (χ1v) is 9.29. The molecule has 1 N–H and O–H groups in total. The van der Waals surface area contributed by atoms with E-state index in [0.29, 0.717) is 17.2 Å². The van der Waals surface area contributed by atoms with E-state index in [1.165, 1.54) is 13.2 Å². The zero-order valence-electron chi connectivity index (χ0n) is 15.4. The van der Waals surface area contributed by atoms with Gasteiger partial charge in [-0.1, -0.05) is 12.1 Å². The Balaban J connectivity index is 1.86. The highest BCUT2D eigenvalue weighted by molar-refractivity contribution is 7.98. The molecule has 0 fully saturated rings. The van der Waals surface area contributed by atoms with E-state index >= 15 is 0 Å². The first kappa shape index (κ1) is 20.4. The van der Waals surface area contributed by atoms with Gasteiger partial charge in [0.05, 0.1) is 14.2 Å². The second-order valence-corrected chi connectivity index (χ2v) is 6.22. The third-order valence-corrected chi connectivity index (χ3v) is 4.24. The number of hydrogen-bond donors (Lipinski definition) is 1. The van der Waals surface area contributed by atoms with Crippen LogP contribution in [0.5, 0.6) is 11.5 Å². The van der Waals surface area contributed by atoms with Crippen molar-refractivity contribution in [3.8, 4) is 11.5 Å². The van der Waals surface area contributed by atoms with Crippen LogP contribution in [0.1, 0.15) is 5.56 Å². The maximum absolute atomic E-state index is 11.9. The first-order valence-electron chi connectivity index (χ1n) is 8.06. The number of thioether (sulfide) groups is 1. The average Bonchev–Trinajstić information content (AvgIpc) is 2.70. The number of carbonyl (C=O) groups is 2. The monoisotopic (exact) mass is 387 g/mol. The van der Waals surface area contributed by atoms with Crippen molar-refractivity contribution in [2.24, 2.45) is 0 Å². The molecule has 0 saturated heterocycles. The molecule has 0 aliphatic carbocycles. The van der Waals surface area contributed by atoms with E-state index in [9.17, 15) is 9.59 Å². The van der Waals surface area contributed by atoms with Crippen molar-refractivity contribution in [3.63, 3.8) is 0 Å². The van der Waals surface area contributed by atoms with Crippen molar-refractivity contribution < 1.29 is 23.8 Å². The Morgan fingerprint density at radius 3 is 2.56 bits per heavy atom. The largest absolute Gasteiger partial charge is 0.493 e. The van der Waals surface area contributed by atoms with E-state index < -0.39 is 11.9 Å². The minimum absolute atomic E-state index is 0.362. The molecular formula is C20H21NO5S. The van der Waals surface area contributed by atoms with Crippen molar-refractivity contribution in [3.05, 3.63) is 54.1 Å². The third-order valence-electron chi connectivity index (χ3n) is 3.52. The highest BCUT2D eigenvalue weighted by Crippen LogP contribution is 2.28. The first-order chi connectivity index (χ1) is 13.0. The lowest BCUT2D eigenvalue weighted by Gasteiger charge is -2.08. The van der Waals surface area contributed by atoms with E-state index in [1.807, 2.05) is 24.5 Å². The van der Waals surface area contributed by atoms with Crippen LogP contribution in [-0.2, 0) is 14.3 Å². The Hall–Kier alpha value is -2.93. The van der Waals surface area contributed by atoms with Gasteiger partial charge in [0.1, 0.15) is 0 Å². The standard InChI is InChI=1S/C20H21NO5S/c1-24-17-9-7-14(11-18(17)25-2)8-10-20(23)26-13-19(22)21-15-5-4-6-16(12-15)27-3/h4-12H,13H2,1-3H3,(H,21,22). The summed E-state index contributed by atoms with van der Waals surface area (Å²) in [7, 11) is 3.08. The number of nitrogens with one attached hydrogen (secondary N) is 1. The van der Waals surface area contributed by atoms with Crippen LogP contribution in [0.25, 0.3) is 6.08 Å². The molecule has 0 saturated carbocycles. The van der Waals surface area contributed by atoms with E-state index in [2.05, 4.69) is 5.32 Å². The van der Waals surface area contributed by atoms with Gasteiger partial charge in [-0.3, -0.25) is 4.79 Å². The van der Waals surface area contributed by atoms with Gasteiger partial charge < -0.3 is 19.5 Å². The summed E-state index contributed by atoms with van der Waals surface area (Å²) in [6, 6.07) is 12.7. The molecule has 0 unspecified atom stereocenters. The maximum Gasteiger partial charge on any atom is 0.331 e. The second kappa shape index (κ2) is 10.3. The summed E-state index contributed by atoms with van der Waals surface area (Å²) >= 11 is 1.58. The Bertz CT molecular complexity index is 835. The summed E-state index contributed by atoms with van der Waals surface area (Å²) in [5.41, 5.74) is 1.40. The van der Waals surface area contributed by atoms with Crippen LogP contribution in [0, 0.1) is 0 Å². The molecule has 1 amide bonds. The SMILES string of the molecule is COc1ccc(C=CC(=O)OCC(=O)Nc2cccc(SC)c2)cc1OC. The molecule has 0 aromatic heterocycles. The summed E-state index contributed by atoms with van der Waals surface area (Å²) < 4.78 is 15.3. The summed E-state index contributed by atoms with van der Waals surface area (Å²) in [5.74, 6) is 0.137. The van der Waals surface area contributed by atoms with E-state index in [1.54, 1.807) is 49.2 Å². The molecule has 0 atom stereocenters. The van der Waals surface area contributed by atoms with Crippen molar-refractivity contribution >= 4 is 35.4 Å². The van der Waals surface area contributed by atoms with E-state index in [4.69, 9.17) is 14.2 Å². The summed E-state index contributed by atoms with van der Waals surface area (Å²) in [5, 5.41) is 2.69. The molecular weight excluding hydrogens is 366 g/mol. The van der Waals surface area contributed by atoms with Gasteiger partial charge in [0.15, 0.2) is 18.1 Å². The van der Waals surface area contributed by atoms with Gasteiger partial charge in [-0.2, -0.15) is 0 Å². The predicted octanol–water partition coefficient (Wildman–Crippen LogP) is 3.62. The number of methoxy groups -OCH3 is 2. The molecule has 2 aromatic rings. The minimum Gasteiger partial charge on any atom is -0.493 e. The lowest BCUT2D eigenvalue weighted by Crippen LogP contribution is -2.20. The van der Waals surface area contributed by atoms with Gasteiger partial charge in [0.25, 0.3) is 5.91 Å². The van der Waals surface area contributed by atoms with E-state index in [-0.39, 0.29) is 6.61 Å². The molecule has 0 aliphatic heterocycles. The zero-order valence-corrected chi connectivity index (χ0v) is 16.2. The number of carbonyl (C=O) groups excluding carboxylic acids is 2. The number of anilines is 1. The molecule has 0 aliphatic rings. The van der Waals surface area contributed by atoms with Crippen LogP contribution in [0.15, 0.2) is 53.4 Å². The van der Waals surface area contributed by atoms with Crippen molar-refractivity contribution in [2.75, 3.05) is 32.4 Å². The predicted molar refractivity (Wildman–Crippen MR) is 106 cm³/mol. The fourth-order valence-corrected chi connectivity index (χ4v) is 2.66. The Morgan fingerprint density at radius 1 is 1.07 bits per heavy atom. The Kier molecular flexibility index (Phi) is 7.76. The van der Waals surface area contributed by atoms with Crippen LogP contribution >= 0.6 is 11.8 Å². The topological polar surface area (TPSA) is 73.9 Å². The lowest BCUT2D eigenvalue weighted by molar-refractivity contribution is -0.142. The molecule has 142 valence electrons. The van der Waals surface area contributed by atoms with Gasteiger partial charge in [-0.15, -0.1) is 11.8 Å². The number of esters is 1. The maximum atomic E-state index is 11.9. The van der Waals surface area contributed by atoms with Crippen LogP contribution < -0.4 is 14.8 Å². The fraction of sp³-hybridized carbons (Fsp3) is 0.200. The Morgan fingerprint density at radius 2 is 1.85 bits per heavy atom.